The lowest BCUT2D eigenvalue weighted by molar-refractivity contribution is 0.454. The van der Waals surface area contributed by atoms with E-state index in [1.807, 2.05) is 6.92 Å². The van der Waals surface area contributed by atoms with Gasteiger partial charge in [-0.05, 0) is 37.6 Å². The zero-order valence-corrected chi connectivity index (χ0v) is 21.4. The Balaban J connectivity index is 1.53. The summed E-state index contributed by atoms with van der Waals surface area (Å²) < 4.78 is 30.9. The highest BCUT2D eigenvalue weighted by molar-refractivity contribution is 7.99. The maximum Gasteiger partial charge on any atom is 0.255 e. The second kappa shape index (κ2) is 13.1. The number of benzene rings is 1. The van der Waals surface area contributed by atoms with E-state index < -0.39 is 9.84 Å². The molecule has 0 atom stereocenters. The van der Waals surface area contributed by atoms with Crippen LogP contribution in [0, 0.1) is 6.92 Å². The first-order chi connectivity index (χ1) is 15.9. The number of hydrogen-bond acceptors (Lipinski definition) is 8. The first-order valence-electron chi connectivity index (χ1n) is 10.3. The van der Waals surface area contributed by atoms with E-state index in [0.717, 1.165) is 35.1 Å². The number of nitrogens with one attached hydrogen (secondary N) is 2. The molecule has 178 valence electrons. The van der Waals surface area contributed by atoms with Gasteiger partial charge in [-0.2, -0.15) is 11.8 Å². The van der Waals surface area contributed by atoms with Gasteiger partial charge in [0, 0.05) is 41.1 Å². The van der Waals surface area contributed by atoms with Gasteiger partial charge in [0.25, 0.3) is 5.22 Å². The minimum atomic E-state index is -3.54. The fraction of sp³-hybridized carbons (Fsp3) is 0.381. The molecule has 0 amide bonds. The van der Waals surface area contributed by atoms with Crippen LogP contribution < -0.4 is 5.32 Å². The molecule has 2 N–H and O–H groups in total. The molecule has 12 heteroatoms. The lowest BCUT2D eigenvalue weighted by atomic mass is 10.4. The number of sulfone groups is 1. The quantitative estimate of drug-likeness (QED) is 0.147. The van der Waals surface area contributed by atoms with Crippen molar-refractivity contribution in [3.63, 3.8) is 0 Å². The van der Waals surface area contributed by atoms with Crippen LogP contribution in [0.2, 0.25) is 5.02 Å². The molecule has 0 fully saturated rings. The van der Waals surface area contributed by atoms with Gasteiger partial charge in [0.05, 0.1) is 23.1 Å². The van der Waals surface area contributed by atoms with E-state index >= 15 is 0 Å². The molecule has 33 heavy (non-hydrogen) atoms. The van der Waals surface area contributed by atoms with Gasteiger partial charge in [-0.15, -0.1) is 0 Å². The average molecular weight is 528 g/mol. The minimum Gasteiger partial charge on any atom is -0.440 e. The number of halogens is 1. The Morgan fingerprint density at radius 3 is 2.76 bits per heavy atom. The smallest absolute Gasteiger partial charge is 0.255 e. The molecule has 0 unspecified atom stereocenters. The van der Waals surface area contributed by atoms with Gasteiger partial charge in [0.2, 0.25) is 0 Å². The van der Waals surface area contributed by atoms with Crippen molar-refractivity contribution >= 4 is 50.8 Å². The van der Waals surface area contributed by atoms with Crippen molar-refractivity contribution in [3.8, 4) is 0 Å². The van der Waals surface area contributed by atoms with E-state index in [2.05, 4.69) is 25.3 Å². The van der Waals surface area contributed by atoms with E-state index in [-0.39, 0.29) is 10.6 Å². The SMILES string of the molecule is Cc1[nH]cnc1CSCCNC(CS(=O)(=O)c1ccc(Cl)cc1)=NCCCSc1ncco1. The molecular weight excluding hydrogens is 502 g/mol. The lowest BCUT2D eigenvalue weighted by Gasteiger charge is -2.11. The maximum atomic E-state index is 12.9. The molecule has 1 aromatic carbocycles. The first kappa shape index (κ1) is 25.7. The fourth-order valence-electron chi connectivity index (χ4n) is 2.75. The molecule has 2 heterocycles. The van der Waals surface area contributed by atoms with Crippen molar-refractivity contribution in [1.82, 2.24) is 20.3 Å². The number of amidine groups is 1. The highest BCUT2D eigenvalue weighted by atomic mass is 35.5. The van der Waals surface area contributed by atoms with E-state index in [0.29, 0.717) is 29.2 Å². The summed E-state index contributed by atoms with van der Waals surface area (Å²) in [5, 5.41) is 4.33. The summed E-state index contributed by atoms with van der Waals surface area (Å²) in [5.74, 6) is 2.64. The Labute approximate surface area is 207 Å². The summed E-state index contributed by atoms with van der Waals surface area (Å²) in [6, 6.07) is 6.19. The summed E-state index contributed by atoms with van der Waals surface area (Å²) >= 11 is 9.13. The van der Waals surface area contributed by atoms with E-state index in [4.69, 9.17) is 16.0 Å². The largest absolute Gasteiger partial charge is 0.440 e. The van der Waals surface area contributed by atoms with Crippen LogP contribution >= 0.6 is 35.1 Å². The predicted octanol–water partition coefficient (Wildman–Crippen LogP) is 4.24. The number of H-pyrrole nitrogens is 1. The fourth-order valence-corrected chi connectivity index (χ4v) is 5.73. The molecule has 0 spiro atoms. The van der Waals surface area contributed by atoms with E-state index in [1.54, 1.807) is 36.4 Å². The Kier molecular flexibility index (Phi) is 10.2. The van der Waals surface area contributed by atoms with Crippen LogP contribution in [0.4, 0.5) is 0 Å². The molecule has 8 nitrogen and oxygen atoms in total. The van der Waals surface area contributed by atoms with Crippen LogP contribution in [-0.4, -0.2) is 59.6 Å². The highest BCUT2D eigenvalue weighted by Crippen LogP contribution is 2.17. The normalized spacial score (nSPS) is 12.2. The maximum absolute atomic E-state index is 12.9. The molecule has 0 aliphatic heterocycles. The highest BCUT2D eigenvalue weighted by Gasteiger charge is 2.18. The van der Waals surface area contributed by atoms with Gasteiger partial charge < -0.3 is 14.7 Å². The van der Waals surface area contributed by atoms with Gasteiger partial charge in [0.1, 0.15) is 17.9 Å². The summed E-state index contributed by atoms with van der Waals surface area (Å²) in [6.45, 7) is 3.10. The molecule has 0 aliphatic rings. The van der Waals surface area contributed by atoms with Crippen molar-refractivity contribution in [2.45, 2.75) is 29.2 Å². The third kappa shape index (κ3) is 8.73. The Morgan fingerprint density at radius 2 is 2.06 bits per heavy atom. The van der Waals surface area contributed by atoms with Gasteiger partial charge in [-0.1, -0.05) is 23.4 Å². The van der Waals surface area contributed by atoms with Crippen LogP contribution in [0.1, 0.15) is 17.8 Å². The number of thioether (sulfide) groups is 2. The first-order valence-corrected chi connectivity index (χ1v) is 14.5. The predicted molar refractivity (Wildman–Crippen MR) is 135 cm³/mol. The number of aliphatic imine (C=N–C) groups is 1. The summed E-state index contributed by atoms with van der Waals surface area (Å²) in [4.78, 5) is 16.2. The standard InChI is InChI=1S/C21H26ClN5O3S3/c1-16-19(27-15-26-16)13-31-12-9-24-20(23-7-2-11-32-21-25-8-10-30-21)14-33(28,29)18-5-3-17(22)4-6-18/h3-6,8,10,15H,2,7,9,11-14H2,1H3,(H,23,24)(H,26,27). The van der Waals surface area contributed by atoms with Crippen molar-refractivity contribution in [2.24, 2.45) is 4.99 Å². The van der Waals surface area contributed by atoms with Crippen molar-refractivity contribution < 1.29 is 12.8 Å². The minimum absolute atomic E-state index is 0.190. The number of aromatic amines is 1. The molecule has 3 aromatic rings. The summed E-state index contributed by atoms with van der Waals surface area (Å²) in [6.07, 6.45) is 5.60. The number of oxazole rings is 1. The molecule has 2 aromatic heterocycles. The van der Waals surface area contributed by atoms with Crippen LogP contribution in [0.25, 0.3) is 0 Å². The average Bonchev–Trinajstić information content (AvgIpc) is 3.45. The Morgan fingerprint density at radius 1 is 1.24 bits per heavy atom. The van der Waals surface area contributed by atoms with E-state index in [9.17, 15) is 8.42 Å². The van der Waals surface area contributed by atoms with Crippen LogP contribution in [0.15, 0.2) is 62.6 Å². The molecular formula is C21H26ClN5O3S3. The number of aryl methyl sites for hydroxylation is 1. The van der Waals surface area contributed by atoms with Gasteiger partial charge in [-0.25, -0.2) is 18.4 Å². The molecule has 0 bridgehead atoms. The lowest BCUT2D eigenvalue weighted by Crippen LogP contribution is -2.32. The van der Waals surface area contributed by atoms with Gasteiger partial charge in [0.15, 0.2) is 9.84 Å². The third-order valence-electron chi connectivity index (χ3n) is 4.49. The number of rotatable bonds is 13. The number of hydrogen-bond donors (Lipinski definition) is 2. The zero-order valence-electron chi connectivity index (χ0n) is 18.2. The van der Waals surface area contributed by atoms with Crippen LogP contribution in [-0.2, 0) is 15.6 Å². The van der Waals surface area contributed by atoms with Gasteiger partial charge in [-0.3, -0.25) is 4.99 Å². The molecule has 0 saturated heterocycles. The number of nitrogens with zero attached hydrogens (tertiary/aromatic N) is 3. The van der Waals surface area contributed by atoms with Crippen molar-refractivity contribution in [1.29, 1.82) is 0 Å². The number of imidazole rings is 1. The van der Waals surface area contributed by atoms with Gasteiger partial charge >= 0.3 is 0 Å². The summed E-state index contributed by atoms with van der Waals surface area (Å²) in [5.41, 5.74) is 2.09. The Bertz CT molecular complexity index is 1120. The topological polar surface area (TPSA) is 113 Å². The van der Waals surface area contributed by atoms with Crippen molar-refractivity contribution in [3.05, 3.63) is 59.5 Å². The summed E-state index contributed by atoms with van der Waals surface area (Å²) in [7, 11) is -3.54. The molecule has 0 aliphatic carbocycles. The second-order valence-corrected chi connectivity index (χ2v) is 11.6. The molecule has 0 saturated carbocycles. The third-order valence-corrected chi connectivity index (χ3v) is 8.30. The van der Waals surface area contributed by atoms with E-state index in [1.165, 1.54) is 30.2 Å². The van der Waals surface area contributed by atoms with Crippen LogP contribution in [0.5, 0.6) is 0 Å². The Hall–Kier alpha value is -1.95. The monoisotopic (exact) mass is 527 g/mol. The number of aromatic nitrogens is 3. The van der Waals surface area contributed by atoms with Crippen molar-refractivity contribution in [2.75, 3.05) is 30.3 Å². The van der Waals surface area contributed by atoms with Crippen LogP contribution in [0.3, 0.4) is 0 Å². The zero-order chi connectivity index (χ0) is 23.5. The molecule has 3 rings (SSSR count). The molecule has 0 radical (unpaired) electrons. The second-order valence-electron chi connectivity index (χ2n) is 7.00.